The minimum absolute atomic E-state index is 0.0117. The lowest BCUT2D eigenvalue weighted by atomic mass is 10.1. The number of ether oxygens (including phenoxy) is 2. The number of carboxylic acid groups (broad SMARTS) is 1. The van der Waals surface area contributed by atoms with Gasteiger partial charge in [0.25, 0.3) is 0 Å². The fraction of sp³-hybridized carbons (Fsp3) is 0.269. The molecular formula is C26H22ClF3O4S. The maximum Gasteiger partial charge on any atom is 0.417 e. The summed E-state index contributed by atoms with van der Waals surface area (Å²) in [4.78, 5) is 12.0. The van der Waals surface area contributed by atoms with Crippen molar-refractivity contribution < 1.29 is 32.5 Å². The summed E-state index contributed by atoms with van der Waals surface area (Å²) in [6, 6.07) is 15.0. The Balaban J connectivity index is 1.40. The third-order valence-corrected chi connectivity index (χ3v) is 7.09. The molecule has 9 heteroatoms. The summed E-state index contributed by atoms with van der Waals surface area (Å²) in [5, 5.41) is 8.54. The van der Waals surface area contributed by atoms with E-state index in [0.717, 1.165) is 41.4 Å². The van der Waals surface area contributed by atoms with E-state index in [1.54, 1.807) is 17.8 Å². The Morgan fingerprint density at radius 2 is 1.80 bits per heavy atom. The zero-order valence-electron chi connectivity index (χ0n) is 18.5. The lowest BCUT2D eigenvalue weighted by molar-refractivity contribution is -0.139. The number of hydrogen-bond acceptors (Lipinski definition) is 4. The SMILES string of the molecule is O=C(O)COc1ccc(SCc2cccc(OCc3ccc(Cl)c(C(F)(F)F)c3)c2)c2c1CCC2. The van der Waals surface area contributed by atoms with Gasteiger partial charge in [0.2, 0.25) is 0 Å². The van der Waals surface area contributed by atoms with Crippen molar-refractivity contribution in [3.8, 4) is 11.5 Å². The van der Waals surface area contributed by atoms with Crippen LogP contribution in [0.25, 0.3) is 0 Å². The number of fused-ring (bicyclic) bond motifs is 1. The van der Waals surface area contributed by atoms with Gasteiger partial charge in [-0.15, -0.1) is 11.8 Å². The van der Waals surface area contributed by atoms with Crippen LogP contribution < -0.4 is 9.47 Å². The van der Waals surface area contributed by atoms with Gasteiger partial charge in [-0.1, -0.05) is 29.8 Å². The van der Waals surface area contributed by atoms with Gasteiger partial charge < -0.3 is 14.6 Å². The van der Waals surface area contributed by atoms with Crippen LogP contribution in [0.4, 0.5) is 13.2 Å². The Kier molecular flexibility index (Phi) is 7.82. The predicted molar refractivity (Wildman–Crippen MR) is 128 cm³/mol. The fourth-order valence-corrected chi connectivity index (χ4v) is 5.27. The summed E-state index contributed by atoms with van der Waals surface area (Å²) in [5.74, 6) is 0.872. The quantitative estimate of drug-likeness (QED) is 0.302. The van der Waals surface area contributed by atoms with Crippen molar-refractivity contribution in [1.29, 1.82) is 0 Å². The summed E-state index contributed by atoms with van der Waals surface area (Å²) < 4.78 is 50.4. The molecule has 4 rings (SSSR count). The molecule has 0 saturated heterocycles. The smallest absolute Gasteiger partial charge is 0.417 e. The van der Waals surface area contributed by atoms with Gasteiger partial charge in [-0.2, -0.15) is 13.2 Å². The highest BCUT2D eigenvalue weighted by Gasteiger charge is 2.33. The highest BCUT2D eigenvalue weighted by molar-refractivity contribution is 7.98. The Morgan fingerprint density at radius 3 is 2.57 bits per heavy atom. The molecule has 3 aromatic carbocycles. The monoisotopic (exact) mass is 522 g/mol. The molecule has 0 atom stereocenters. The van der Waals surface area contributed by atoms with Gasteiger partial charge in [0.05, 0.1) is 10.6 Å². The molecular weight excluding hydrogens is 501 g/mol. The number of aliphatic carboxylic acids is 1. The van der Waals surface area contributed by atoms with E-state index >= 15 is 0 Å². The largest absolute Gasteiger partial charge is 0.489 e. The minimum Gasteiger partial charge on any atom is -0.489 e. The second kappa shape index (κ2) is 10.8. The van der Waals surface area contributed by atoms with Gasteiger partial charge in [-0.3, -0.25) is 0 Å². The van der Waals surface area contributed by atoms with Gasteiger partial charge in [-0.25, -0.2) is 4.79 Å². The second-order valence-electron chi connectivity index (χ2n) is 8.09. The van der Waals surface area contributed by atoms with Crippen molar-refractivity contribution in [3.05, 3.63) is 87.4 Å². The maximum absolute atomic E-state index is 13.1. The number of alkyl halides is 3. The normalized spacial score (nSPS) is 12.9. The van der Waals surface area contributed by atoms with Crippen LogP contribution >= 0.6 is 23.4 Å². The van der Waals surface area contributed by atoms with Crippen LogP contribution in [0.1, 0.15) is 34.2 Å². The average molecular weight is 523 g/mol. The highest BCUT2D eigenvalue weighted by Crippen LogP contribution is 2.39. The molecule has 0 fully saturated rings. The number of hydrogen-bond donors (Lipinski definition) is 1. The summed E-state index contributed by atoms with van der Waals surface area (Å²) in [5.41, 5.74) is 2.79. The van der Waals surface area contributed by atoms with Gasteiger partial charge in [-0.05, 0) is 77.9 Å². The van der Waals surface area contributed by atoms with Crippen molar-refractivity contribution in [1.82, 2.24) is 0 Å². The molecule has 0 aromatic heterocycles. The number of rotatable bonds is 9. The van der Waals surface area contributed by atoms with Crippen LogP contribution in [0.5, 0.6) is 11.5 Å². The van der Waals surface area contributed by atoms with Crippen LogP contribution in [0.15, 0.2) is 59.5 Å². The average Bonchev–Trinajstić information content (AvgIpc) is 3.31. The molecule has 0 amide bonds. The summed E-state index contributed by atoms with van der Waals surface area (Å²) in [7, 11) is 0. The first-order valence-corrected chi connectivity index (χ1v) is 12.3. The van der Waals surface area contributed by atoms with Gasteiger partial charge in [0.1, 0.15) is 18.1 Å². The molecule has 0 radical (unpaired) electrons. The van der Waals surface area contributed by atoms with Crippen LogP contribution in [-0.2, 0) is 36.2 Å². The van der Waals surface area contributed by atoms with E-state index in [4.69, 9.17) is 26.2 Å². The van der Waals surface area contributed by atoms with Gasteiger partial charge >= 0.3 is 12.1 Å². The molecule has 35 heavy (non-hydrogen) atoms. The Morgan fingerprint density at radius 1 is 1.00 bits per heavy atom. The van der Waals surface area contributed by atoms with Crippen LogP contribution in [0, 0.1) is 0 Å². The molecule has 4 nitrogen and oxygen atoms in total. The highest BCUT2D eigenvalue weighted by atomic mass is 35.5. The van der Waals surface area contributed by atoms with E-state index in [1.807, 2.05) is 30.3 Å². The summed E-state index contributed by atoms with van der Waals surface area (Å²) >= 11 is 7.36. The second-order valence-corrected chi connectivity index (χ2v) is 9.52. The number of halogens is 4. The fourth-order valence-electron chi connectivity index (χ4n) is 3.98. The van der Waals surface area contributed by atoms with E-state index in [9.17, 15) is 18.0 Å². The van der Waals surface area contributed by atoms with E-state index in [-0.39, 0.29) is 18.2 Å². The van der Waals surface area contributed by atoms with Gasteiger partial charge in [0, 0.05) is 10.6 Å². The molecule has 0 saturated carbocycles. The first-order valence-electron chi connectivity index (χ1n) is 10.9. The Hall–Kier alpha value is -2.84. The summed E-state index contributed by atoms with van der Waals surface area (Å²) in [6.45, 7) is -0.374. The molecule has 184 valence electrons. The Labute approximate surface area is 210 Å². The first-order chi connectivity index (χ1) is 16.7. The van der Waals surface area contributed by atoms with Crippen LogP contribution in [-0.4, -0.2) is 17.7 Å². The van der Waals surface area contributed by atoms with Crippen LogP contribution in [0.3, 0.4) is 0 Å². The molecule has 0 spiro atoms. The first kappa shape index (κ1) is 25.3. The minimum atomic E-state index is -4.52. The maximum atomic E-state index is 13.1. The van der Waals surface area contributed by atoms with E-state index in [0.29, 0.717) is 22.8 Å². The van der Waals surface area contributed by atoms with Gasteiger partial charge in [0.15, 0.2) is 6.61 Å². The van der Waals surface area contributed by atoms with Crippen LogP contribution in [0.2, 0.25) is 5.02 Å². The topological polar surface area (TPSA) is 55.8 Å². The van der Waals surface area contributed by atoms with E-state index in [1.165, 1.54) is 17.7 Å². The number of thioether (sulfide) groups is 1. The molecule has 1 aliphatic carbocycles. The number of carbonyl (C=O) groups is 1. The molecule has 0 aliphatic heterocycles. The van der Waals surface area contributed by atoms with E-state index in [2.05, 4.69) is 0 Å². The zero-order chi connectivity index (χ0) is 25.0. The third kappa shape index (κ3) is 6.44. The third-order valence-electron chi connectivity index (χ3n) is 5.58. The van der Waals surface area contributed by atoms with Crippen molar-refractivity contribution in [2.45, 2.75) is 42.7 Å². The molecule has 1 aliphatic rings. The van der Waals surface area contributed by atoms with Crippen molar-refractivity contribution in [3.63, 3.8) is 0 Å². The molecule has 1 N–H and O–H groups in total. The molecule has 3 aromatic rings. The zero-order valence-corrected chi connectivity index (χ0v) is 20.1. The molecule has 0 unspecified atom stereocenters. The standard InChI is InChI=1S/C26H22ClF3O4S/c27-22-8-7-16(12-21(22)26(28,29)30)13-33-18-4-1-3-17(11-18)15-35-24-10-9-23(34-14-25(31)32)19-5-2-6-20(19)24/h1,3-4,7-12H,2,5-6,13-15H2,(H,31,32). The summed E-state index contributed by atoms with van der Waals surface area (Å²) in [6.07, 6.45) is -1.74. The lowest BCUT2D eigenvalue weighted by Gasteiger charge is -2.14. The molecule has 0 heterocycles. The van der Waals surface area contributed by atoms with Crippen molar-refractivity contribution in [2.24, 2.45) is 0 Å². The number of benzene rings is 3. The van der Waals surface area contributed by atoms with Crippen molar-refractivity contribution in [2.75, 3.05) is 6.61 Å². The predicted octanol–water partition coefficient (Wildman–Crippen LogP) is 7.18. The van der Waals surface area contributed by atoms with Crippen molar-refractivity contribution >= 4 is 29.3 Å². The number of carboxylic acids is 1. The van der Waals surface area contributed by atoms with E-state index < -0.39 is 17.7 Å². The molecule has 0 bridgehead atoms. The Bertz CT molecular complexity index is 1230. The lowest BCUT2D eigenvalue weighted by Crippen LogP contribution is -2.10.